The summed E-state index contributed by atoms with van der Waals surface area (Å²) in [4.78, 5) is 29.6. The van der Waals surface area contributed by atoms with Crippen molar-refractivity contribution in [1.82, 2.24) is 9.97 Å². The van der Waals surface area contributed by atoms with Gasteiger partial charge in [-0.2, -0.15) is 0 Å². The van der Waals surface area contributed by atoms with Crippen molar-refractivity contribution in [3.8, 4) is 11.1 Å². The van der Waals surface area contributed by atoms with Crippen molar-refractivity contribution in [3.63, 3.8) is 0 Å². The van der Waals surface area contributed by atoms with Gasteiger partial charge in [0.1, 0.15) is 0 Å². The molecule has 2 N–H and O–H groups in total. The Morgan fingerprint density at radius 2 is 1.22 bits per heavy atom. The lowest BCUT2D eigenvalue weighted by Crippen LogP contribution is -2.05. The van der Waals surface area contributed by atoms with Crippen LogP contribution in [0.3, 0.4) is 0 Å². The molecule has 0 radical (unpaired) electrons. The molecule has 0 aromatic carbocycles. The molecule has 0 aliphatic rings. The number of aromatic carboxylic acids is 2. The van der Waals surface area contributed by atoms with Crippen LogP contribution < -0.4 is 0 Å². The molecule has 0 spiro atoms. The number of pyridine rings is 2. The Morgan fingerprint density at radius 1 is 0.833 bits per heavy atom. The second kappa shape index (κ2) is 4.62. The summed E-state index contributed by atoms with van der Waals surface area (Å²) in [5.41, 5.74) is 0.506. The summed E-state index contributed by atoms with van der Waals surface area (Å²) in [5, 5.41) is 18.1. The molecule has 2 aromatic rings. The molecule has 2 heterocycles. The molecule has 2 aromatic heterocycles. The van der Waals surface area contributed by atoms with Gasteiger partial charge in [-0.05, 0) is 12.1 Å². The third kappa shape index (κ3) is 2.03. The maximum Gasteiger partial charge on any atom is 0.337 e. The number of hydrogen-bond acceptors (Lipinski definition) is 4. The molecule has 0 aliphatic carbocycles. The predicted octanol–water partition coefficient (Wildman–Crippen LogP) is 1.54. The zero-order valence-corrected chi connectivity index (χ0v) is 9.07. The Morgan fingerprint density at radius 3 is 1.56 bits per heavy atom. The molecule has 0 aliphatic heterocycles. The van der Waals surface area contributed by atoms with Crippen molar-refractivity contribution >= 4 is 11.9 Å². The van der Waals surface area contributed by atoms with Crippen LogP contribution >= 0.6 is 0 Å². The van der Waals surface area contributed by atoms with Crippen LogP contribution in [-0.4, -0.2) is 32.1 Å². The minimum absolute atomic E-state index is 0.0498. The summed E-state index contributed by atoms with van der Waals surface area (Å²) in [6.45, 7) is 0. The largest absolute Gasteiger partial charge is 0.478 e. The molecule has 0 saturated heterocycles. The minimum atomic E-state index is -1.16. The summed E-state index contributed by atoms with van der Waals surface area (Å²) in [6.07, 6.45) is 5.19. The second-order valence-electron chi connectivity index (χ2n) is 3.45. The lowest BCUT2D eigenvalue weighted by Gasteiger charge is -2.08. The van der Waals surface area contributed by atoms with E-state index >= 15 is 0 Å². The Balaban J connectivity index is 2.70. The maximum absolute atomic E-state index is 11.1. The fourth-order valence-electron chi connectivity index (χ4n) is 1.60. The molecule has 2 rings (SSSR count). The van der Waals surface area contributed by atoms with Gasteiger partial charge < -0.3 is 10.2 Å². The lowest BCUT2D eigenvalue weighted by atomic mass is 9.98. The van der Waals surface area contributed by atoms with Crippen molar-refractivity contribution in [3.05, 3.63) is 48.0 Å². The number of nitrogens with zero attached hydrogens (tertiary/aromatic N) is 2. The number of carboxylic acid groups (broad SMARTS) is 2. The van der Waals surface area contributed by atoms with Gasteiger partial charge in [0.15, 0.2) is 0 Å². The summed E-state index contributed by atoms with van der Waals surface area (Å²) < 4.78 is 0. The number of rotatable bonds is 3. The van der Waals surface area contributed by atoms with E-state index in [0.717, 1.165) is 0 Å². The van der Waals surface area contributed by atoms with Crippen LogP contribution in [0, 0.1) is 0 Å². The van der Waals surface area contributed by atoms with Crippen LogP contribution in [0.2, 0.25) is 0 Å². The van der Waals surface area contributed by atoms with Crippen molar-refractivity contribution < 1.29 is 19.8 Å². The second-order valence-corrected chi connectivity index (χ2v) is 3.45. The monoisotopic (exact) mass is 244 g/mol. The molecule has 0 amide bonds. The fraction of sp³-hybridized carbons (Fsp3) is 0. The highest BCUT2D eigenvalue weighted by Crippen LogP contribution is 2.26. The zero-order chi connectivity index (χ0) is 13.1. The average molecular weight is 244 g/mol. The van der Waals surface area contributed by atoms with E-state index in [1.165, 1.54) is 36.9 Å². The first-order chi connectivity index (χ1) is 8.61. The molecule has 6 nitrogen and oxygen atoms in total. The van der Waals surface area contributed by atoms with Crippen LogP contribution in [-0.2, 0) is 0 Å². The Kier molecular flexibility index (Phi) is 3.01. The summed E-state index contributed by atoms with van der Waals surface area (Å²) in [5.74, 6) is -2.32. The van der Waals surface area contributed by atoms with Crippen LogP contribution in [0.25, 0.3) is 11.1 Å². The minimum Gasteiger partial charge on any atom is -0.478 e. The third-order valence-electron chi connectivity index (χ3n) is 2.39. The van der Waals surface area contributed by atoms with Crippen molar-refractivity contribution in [2.45, 2.75) is 0 Å². The SMILES string of the molecule is O=C(O)c1cnccc1-c1ccncc1C(=O)O. The first kappa shape index (κ1) is 11.7. The Labute approximate surface area is 102 Å². The fourth-order valence-corrected chi connectivity index (χ4v) is 1.60. The first-order valence-electron chi connectivity index (χ1n) is 4.96. The summed E-state index contributed by atoms with van der Waals surface area (Å²) in [6, 6.07) is 2.93. The van der Waals surface area contributed by atoms with E-state index in [9.17, 15) is 9.59 Å². The van der Waals surface area contributed by atoms with Gasteiger partial charge >= 0.3 is 11.9 Å². The van der Waals surface area contributed by atoms with Crippen LogP contribution in [0.1, 0.15) is 20.7 Å². The molecule has 0 unspecified atom stereocenters. The van der Waals surface area contributed by atoms with Crippen LogP contribution in [0.5, 0.6) is 0 Å². The van der Waals surface area contributed by atoms with Crippen LogP contribution in [0.4, 0.5) is 0 Å². The van der Waals surface area contributed by atoms with Gasteiger partial charge in [0.2, 0.25) is 0 Å². The highest BCUT2D eigenvalue weighted by atomic mass is 16.4. The van der Waals surface area contributed by atoms with Gasteiger partial charge in [0.25, 0.3) is 0 Å². The normalized spacial score (nSPS) is 10.0. The average Bonchev–Trinajstić information content (AvgIpc) is 2.38. The number of aromatic nitrogens is 2. The van der Waals surface area contributed by atoms with E-state index < -0.39 is 11.9 Å². The van der Waals surface area contributed by atoms with E-state index in [1.54, 1.807) is 0 Å². The van der Waals surface area contributed by atoms with Gasteiger partial charge in [-0.1, -0.05) is 0 Å². The molecule has 18 heavy (non-hydrogen) atoms. The van der Waals surface area contributed by atoms with E-state index in [1.807, 2.05) is 0 Å². The van der Waals surface area contributed by atoms with Gasteiger partial charge in [0.05, 0.1) is 11.1 Å². The van der Waals surface area contributed by atoms with Crippen LogP contribution in [0.15, 0.2) is 36.9 Å². The number of carboxylic acids is 2. The standard InChI is InChI=1S/C12H8N2O4/c15-11(16)9-5-13-3-1-7(9)8-2-4-14-6-10(8)12(17)18/h1-6H,(H,15,16)(H,17,18). The molecular formula is C12H8N2O4. The number of hydrogen-bond donors (Lipinski definition) is 2. The van der Waals surface area contributed by atoms with Gasteiger partial charge in [-0.25, -0.2) is 9.59 Å². The quantitative estimate of drug-likeness (QED) is 0.849. The molecular weight excluding hydrogens is 236 g/mol. The van der Waals surface area contributed by atoms with Crippen molar-refractivity contribution in [2.24, 2.45) is 0 Å². The lowest BCUT2D eigenvalue weighted by molar-refractivity contribution is 0.0684. The van der Waals surface area contributed by atoms with E-state index in [0.29, 0.717) is 11.1 Å². The highest BCUT2D eigenvalue weighted by molar-refractivity contribution is 6.01. The highest BCUT2D eigenvalue weighted by Gasteiger charge is 2.17. The molecule has 6 heteroatoms. The van der Waals surface area contributed by atoms with Gasteiger partial charge in [-0.3, -0.25) is 9.97 Å². The van der Waals surface area contributed by atoms with E-state index in [2.05, 4.69) is 9.97 Å². The number of carbonyl (C=O) groups is 2. The molecule has 90 valence electrons. The molecule has 0 fully saturated rings. The van der Waals surface area contributed by atoms with Crippen molar-refractivity contribution in [1.29, 1.82) is 0 Å². The van der Waals surface area contributed by atoms with Gasteiger partial charge in [-0.15, -0.1) is 0 Å². The maximum atomic E-state index is 11.1. The third-order valence-corrected chi connectivity index (χ3v) is 2.39. The predicted molar refractivity (Wildman–Crippen MR) is 61.4 cm³/mol. The molecule has 0 saturated carbocycles. The topological polar surface area (TPSA) is 100 Å². The Hall–Kier alpha value is -2.76. The first-order valence-corrected chi connectivity index (χ1v) is 4.96. The summed E-state index contributed by atoms with van der Waals surface area (Å²) in [7, 11) is 0. The Bertz CT molecular complexity index is 569. The van der Waals surface area contributed by atoms with Gasteiger partial charge in [0, 0.05) is 35.9 Å². The van der Waals surface area contributed by atoms with Crippen molar-refractivity contribution in [2.75, 3.05) is 0 Å². The molecule has 0 atom stereocenters. The summed E-state index contributed by atoms with van der Waals surface area (Å²) >= 11 is 0. The molecule has 0 bridgehead atoms. The van der Waals surface area contributed by atoms with E-state index in [-0.39, 0.29) is 11.1 Å². The zero-order valence-electron chi connectivity index (χ0n) is 9.07. The van der Waals surface area contributed by atoms with E-state index in [4.69, 9.17) is 10.2 Å². The smallest absolute Gasteiger partial charge is 0.337 e.